The Hall–Kier alpha value is 0.260. The van der Waals surface area contributed by atoms with E-state index in [9.17, 15) is 13.5 Å². The van der Waals surface area contributed by atoms with E-state index in [2.05, 4.69) is 15.6 Å². The van der Waals surface area contributed by atoms with Crippen LogP contribution in [0.15, 0.2) is 4.99 Å². The third-order valence-electron chi connectivity index (χ3n) is 3.53. The van der Waals surface area contributed by atoms with Crippen molar-refractivity contribution in [2.75, 3.05) is 36.1 Å². The Morgan fingerprint density at radius 2 is 2.29 bits per heavy atom. The van der Waals surface area contributed by atoms with Crippen molar-refractivity contribution >= 4 is 51.5 Å². The van der Waals surface area contributed by atoms with Crippen molar-refractivity contribution in [1.82, 2.24) is 10.6 Å². The Labute approximate surface area is 147 Å². The molecule has 2 heterocycles. The van der Waals surface area contributed by atoms with Crippen molar-refractivity contribution in [3.05, 3.63) is 0 Å². The highest BCUT2D eigenvalue weighted by atomic mass is 127. The zero-order valence-electron chi connectivity index (χ0n) is 12.2. The molecule has 2 rings (SSSR count). The molecule has 0 aromatic carbocycles. The van der Waals surface area contributed by atoms with Crippen molar-refractivity contribution in [1.29, 1.82) is 0 Å². The van der Waals surface area contributed by atoms with Gasteiger partial charge >= 0.3 is 0 Å². The lowest BCUT2D eigenvalue weighted by Crippen LogP contribution is -2.45. The van der Waals surface area contributed by atoms with E-state index in [1.165, 1.54) is 0 Å². The molecule has 2 aliphatic heterocycles. The van der Waals surface area contributed by atoms with Gasteiger partial charge < -0.3 is 15.7 Å². The van der Waals surface area contributed by atoms with Gasteiger partial charge in [-0.2, -0.15) is 11.8 Å². The number of nitrogens with one attached hydrogen (secondary N) is 2. The van der Waals surface area contributed by atoms with Gasteiger partial charge in [-0.3, -0.25) is 4.99 Å². The minimum absolute atomic E-state index is 0. The smallest absolute Gasteiger partial charge is 0.191 e. The van der Waals surface area contributed by atoms with Crippen LogP contribution < -0.4 is 10.6 Å². The topological polar surface area (TPSA) is 90.8 Å². The molecule has 0 bridgehead atoms. The molecular formula is C12H24IN3O3S2. The summed E-state index contributed by atoms with van der Waals surface area (Å²) in [6.45, 7) is 3.02. The second kappa shape index (κ2) is 8.21. The maximum absolute atomic E-state index is 11.5. The third kappa shape index (κ3) is 6.11. The lowest BCUT2D eigenvalue weighted by molar-refractivity contribution is 0.0778. The van der Waals surface area contributed by atoms with Crippen LogP contribution in [0.25, 0.3) is 0 Å². The summed E-state index contributed by atoms with van der Waals surface area (Å²) in [4.78, 5) is 4.41. The van der Waals surface area contributed by atoms with E-state index >= 15 is 0 Å². The van der Waals surface area contributed by atoms with Gasteiger partial charge in [0.15, 0.2) is 15.8 Å². The first-order chi connectivity index (χ1) is 9.42. The Morgan fingerprint density at radius 3 is 2.81 bits per heavy atom. The van der Waals surface area contributed by atoms with Crippen LogP contribution in [0.3, 0.4) is 0 Å². The average Bonchev–Trinajstić information content (AvgIpc) is 2.94. The van der Waals surface area contributed by atoms with E-state index in [1.807, 2.05) is 6.92 Å². The molecule has 0 spiro atoms. The van der Waals surface area contributed by atoms with Crippen molar-refractivity contribution < 1.29 is 13.5 Å². The average molecular weight is 449 g/mol. The Kier molecular flexibility index (Phi) is 7.55. The molecule has 0 aliphatic carbocycles. The van der Waals surface area contributed by atoms with E-state index in [-0.39, 0.29) is 41.5 Å². The maximum atomic E-state index is 11.5. The molecule has 2 unspecified atom stereocenters. The molecule has 3 N–H and O–H groups in total. The molecule has 9 heteroatoms. The summed E-state index contributed by atoms with van der Waals surface area (Å²) in [5.41, 5.74) is -0.714. The van der Waals surface area contributed by atoms with Gasteiger partial charge in [0.25, 0.3) is 0 Å². The summed E-state index contributed by atoms with van der Waals surface area (Å²) in [7, 11) is -2.90. The van der Waals surface area contributed by atoms with E-state index in [0.29, 0.717) is 31.2 Å². The first-order valence-electron chi connectivity index (χ1n) is 6.98. The Balaban J connectivity index is 0.00000220. The van der Waals surface area contributed by atoms with Crippen LogP contribution in [0.2, 0.25) is 0 Å². The summed E-state index contributed by atoms with van der Waals surface area (Å²) < 4.78 is 22.9. The first-order valence-corrected chi connectivity index (χ1v) is 9.95. The summed E-state index contributed by atoms with van der Waals surface area (Å²) >= 11 is 1.74. The third-order valence-corrected chi connectivity index (χ3v) is 6.53. The summed E-state index contributed by atoms with van der Waals surface area (Å²) in [5, 5.41) is 16.5. The molecule has 0 amide bonds. The zero-order valence-corrected chi connectivity index (χ0v) is 16.1. The summed E-state index contributed by atoms with van der Waals surface area (Å²) in [5.74, 6) is 2.69. The van der Waals surface area contributed by atoms with Crippen LogP contribution in [0.4, 0.5) is 0 Å². The van der Waals surface area contributed by atoms with Gasteiger partial charge in [-0.25, -0.2) is 8.42 Å². The highest BCUT2D eigenvalue weighted by Gasteiger charge is 2.32. The van der Waals surface area contributed by atoms with E-state index in [1.54, 1.807) is 11.8 Å². The second-order valence-electron chi connectivity index (χ2n) is 5.47. The fourth-order valence-electron chi connectivity index (χ4n) is 2.37. The minimum atomic E-state index is -2.90. The van der Waals surface area contributed by atoms with Gasteiger partial charge in [0, 0.05) is 18.3 Å². The molecule has 2 aliphatic rings. The number of hydrogen-bond acceptors (Lipinski definition) is 5. The van der Waals surface area contributed by atoms with Crippen molar-refractivity contribution in [3.8, 4) is 0 Å². The maximum Gasteiger partial charge on any atom is 0.191 e. The predicted octanol–water partition coefficient (Wildman–Crippen LogP) is 0.215. The number of hydrogen-bond donors (Lipinski definition) is 3. The molecule has 2 saturated heterocycles. The summed E-state index contributed by atoms with van der Waals surface area (Å²) in [6.07, 6.45) is 1.38. The number of aliphatic hydroxyl groups is 1. The fourth-order valence-corrected chi connectivity index (χ4v) is 5.33. The number of thioether (sulfide) groups is 1. The van der Waals surface area contributed by atoms with Crippen LogP contribution in [0.1, 0.15) is 19.8 Å². The largest absolute Gasteiger partial charge is 0.387 e. The van der Waals surface area contributed by atoms with Crippen LogP contribution in [-0.2, 0) is 9.84 Å². The summed E-state index contributed by atoms with van der Waals surface area (Å²) in [6, 6.07) is -0.0783. The number of sulfone groups is 1. The molecule has 6 nitrogen and oxygen atoms in total. The lowest BCUT2D eigenvalue weighted by Gasteiger charge is -2.21. The second-order valence-corrected chi connectivity index (χ2v) is 8.80. The Bertz CT molecular complexity index is 464. The predicted molar refractivity (Wildman–Crippen MR) is 98.5 cm³/mol. The van der Waals surface area contributed by atoms with Gasteiger partial charge in [-0.15, -0.1) is 24.0 Å². The number of guanidine groups is 1. The molecule has 2 atom stereocenters. The van der Waals surface area contributed by atoms with Crippen LogP contribution in [0, 0.1) is 0 Å². The normalized spacial score (nSPS) is 31.7. The number of aliphatic imine (C=N–C) groups is 1. The minimum Gasteiger partial charge on any atom is -0.387 e. The van der Waals surface area contributed by atoms with Crippen molar-refractivity contribution in [3.63, 3.8) is 0 Å². The molecule has 0 radical (unpaired) electrons. The fraction of sp³-hybridized carbons (Fsp3) is 0.917. The number of nitrogens with zero attached hydrogens (tertiary/aromatic N) is 1. The van der Waals surface area contributed by atoms with E-state index in [4.69, 9.17) is 0 Å². The van der Waals surface area contributed by atoms with Crippen molar-refractivity contribution in [2.45, 2.75) is 31.4 Å². The van der Waals surface area contributed by atoms with Gasteiger partial charge in [0.1, 0.15) is 0 Å². The molecule has 21 heavy (non-hydrogen) atoms. The standard InChI is InChI=1S/C12H23N3O3S2.HI/c1-2-13-11(14-8-12(16)4-5-19-9-12)15-10-3-6-20(17,18)7-10;/h10,16H,2-9H2,1H3,(H2,13,14,15);1H. The quantitative estimate of drug-likeness (QED) is 0.323. The van der Waals surface area contributed by atoms with Gasteiger partial charge in [0.05, 0.1) is 23.7 Å². The molecule has 0 aromatic rings. The van der Waals surface area contributed by atoms with Crippen LogP contribution in [0.5, 0.6) is 0 Å². The van der Waals surface area contributed by atoms with Crippen molar-refractivity contribution in [2.24, 2.45) is 4.99 Å². The van der Waals surface area contributed by atoms with Gasteiger partial charge in [-0.05, 0) is 25.5 Å². The van der Waals surface area contributed by atoms with Gasteiger partial charge in [-0.1, -0.05) is 0 Å². The highest BCUT2D eigenvalue weighted by molar-refractivity contribution is 14.0. The molecule has 2 fully saturated rings. The Morgan fingerprint density at radius 1 is 1.52 bits per heavy atom. The molecule has 124 valence electrons. The van der Waals surface area contributed by atoms with Crippen LogP contribution >= 0.6 is 35.7 Å². The zero-order chi connectivity index (χ0) is 14.6. The molecule has 0 aromatic heterocycles. The lowest BCUT2D eigenvalue weighted by atomic mass is 10.1. The molecule has 0 saturated carbocycles. The first kappa shape index (κ1) is 19.3. The van der Waals surface area contributed by atoms with E-state index in [0.717, 1.165) is 12.2 Å². The van der Waals surface area contributed by atoms with Gasteiger partial charge in [0.2, 0.25) is 0 Å². The molecular weight excluding hydrogens is 425 g/mol. The highest BCUT2D eigenvalue weighted by Crippen LogP contribution is 2.27. The number of halogens is 1. The monoisotopic (exact) mass is 449 g/mol. The van der Waals surface area contributed by atoms with E-state index < -0.39 is 15.4 Å². The number of rotatable bonds is 4. The van der Waals surface area contributed by atoms with Crippen LogP contribution in [-0.4, -0.2) is 67.2 Å². The SMILES string of the molecule is CCNC(=NCC1(O)CCSC1)NC1CCS(=O)(=O)C1.I.